The third-order valence-corrected chi connectivity index (χ3v) is 12.4. The first-order valence-electron chi connectivity index (χ1n) is 25.4. The summed E-state index contributed by atoms with van der Waals surface area (Å²) in [5.74, 6) is -0.178. The van der Waals surface area contributed by atoms with Crippen molar-refractivity contribution in [2.45, 2.75) is 288 Å². The van der Waals surface area contributed by atoms with E-state index in [-0.39, 0.29) is 12.5 Å². The van der Waals surface area contributed by atoms with Gasteiger partial charge in [-0.05, 0) is 19.3 Å². The van der Waals surface area contributed by atoms with Crippen molar-refractivity contribution in [3.8, 4) is 0 Å². The predicted molar refractivity (Wildman–Crippen MR) is 244 cm³/mol. The number of unbranched alkanes of at least 4 members (excludes halogenated alkanes) is 33. The fraction of sp³-hybridized carbons (Fsp3) is 0.940. The molecule has 0 saturated carbocycles. The topological polar surface area (TPSA) is 149 Å². The average molecular weight is 840 g/mol. The van der Waals surface area contributed by atoms with Crippen LogP contribution in [0.25, 0.3) is 0 Å². The van der Waals surface area contributed by atoms with Crippen LogP contribution in [0.5, 0.6) is 0 Å². The Morgan fingerprint density at radius 1 is 0.559 bits per heavy atom. The molecule has 1 fully saturated rings. The molecule has 9 heteroatoms. The highest BCUT2D eigenvalue weighted by atomic mass is 16.7. The number of aliphatic hydroxyl groups excluding tert-OH is 5. The quantitative estimate of drug-likeness (QED) is 0.0263. The van der Waals surface area contributed by atoms with Gasteiger partial charge in [-0.15, -0.1) is 0 Å². The van der Waals surface area contributed by atoms with Crippen LogP contribution in [0.3, 0.4) is 0 Å². The molecule has 0 spiro atoms. The van der Waals surface area contributed by atoms with Gasteiger partial charge >= 0.3 is 0 Å². The highest BCUT2D eigenvalue weighted by molar-refractivity contribution is 5.76. The summed E-state index contributed by atoms with van der Waals surface area (Å²) >= 11 is 0. The van der Waals surface area contributed by atoms with Gasteiger partial charge in [-0.2, -0.15) is 0 Å². The third-order valence-electron chi connectivity index (χ3n) is 12.4. The lowest BCUT2D eigenvalue weighted by molar-refractivity contribution is -0.302. The van der Waals surface area contributed by atoms with Crippen molar-refractivity contribution < 1.29 is 39.8 Å². The number of hydrogen-bond donors (Lipinski definition) is 6. The lowest BCUT2D eigenvalue weighted by Gasteiger charge is -2.40. The molecule has 1 aliphatic rings. The van der Waals surface area contributed by atoms with E-state index in [1.54, 1.807) is 6.08 Å². The zero-order valence-electron chi connectivity index (χ0n) is 38.5. The Labute approximate surface area is 363 Å². The Morgan fingerprint density at radius 2 is 0.932 bits per heavy atom. The number of hydrogen-bond acceptors (Lipinski definition) is 8. The fourth-order valence-electron chi connectivity index (χ4n) is 8.28. The molecule has 9 nitrogen and oxygen atoms in total. The summed E-state index contributed by atoms with van der Waals surface area (Å²) < 4.78 is 11.1. The maximum Gasteiger partial charge on any atom is 0.220 e. The van der Waals surface area contributed by atoms with E-state index in [9.17, 15) is 30.3 Å². The van der Waals surface area contributed by atoms with Gasteiger partial charge in [-0.25, -0.2) is 0 Å². The molecule has 0 aromatic heterocycles. The Hall–Kier alpha value is -1.07. The van der Waals surface area contributed by atoms with Gasteiger partial charge in [0.1, 0.15) is 24.4 Å². The molecule has 7 unspecified atom stereocenters. The number of carbonyl (C=O) groups excluding carboxylic acids is 1. The lowest BCUT2D eigenvalue weighted by Crippen LogP contribution is -2.60. The van der Waals surface area contributed by atoms with Crippen LogP contribution in [-0.2, 0) is 14.3 Å². The zero-order valence-corrected chi connectivity index (χ0v) is 38.5. The highest BCUT2D eigenvalue weighted by Crippen LogP contribution is 2.23. The van der Waals surface area contributed by atoms with Crippen LogP contribution in [-0.4, -0.2) is 87.5 Å². The first-order chi connectivity index (χ1) is 28.8. The van der Waals surface area contributed by atoms with Crippen LogP contribution in [0, 0.1) is 0 Å². The van der Waals surface area contributed by atoms with Gasteiger partial charge in [0.25, 0.3) is 0 Å². The number of aliphatic hydroxyl groups is 5. The smallest absolute Gasteiger partial charge is 0.220 e. The van der Waals surface area contributed by atoms with E-state index in [1.807, 2.05) is 6.08 Å². The molecule has 1 heterocycles. The minimum absolute atomic E-state index is 0.178. The van der Waals surface area contributed by atoms with E-state index in [2.05, 4.69) is 19.2 Å². The van der Waals surface area contributed by atoms with Crippen molar-refractivity contribution in [3.63, 3.8) is 0 Å². The van der Waals surface area contributed by atoms with Gasteiger partial charge in [0.15, 0.2) is 6.29 Å². The molecule has 0 bridgehead atoms. The second kappa shape index (κ2) is 41.0. The molecule has 1 saturated heterocycles. The van der Waals surface area contributed by atoms with Crippen molar-refractivity contribution in [1.29, 1.82) is 0 Å². The zero-order chi connectivity index (χ0) is 43.0. The summed E-state index contributed by atoms with van der Waals surface area (Å²) in [4.78, 5) is 12.9. The maximum atomic E-state index is 12.9. The van der Waals surface area contributed by atoms with Crippen molar-refractivity contribution in [1.82, 2.24) is 5.32 Å². The molecule has 6 N–H and O–H groups in total. The summed E-state index contributed by atoms with van der Waals surface area (Å²) in [6.45, 7) is 3.71. The normalized spacial score (nSPS) is 20.7. The first kappa shape index (κ1) is 55.9. The largest absolute Gasteiger partial charge is 0.394 e. The van der Waals surface area contributed by atoms with Crippen LogP contribution in [0.2, 0.25) is 0 Å². The summed E-state index contributed by atoms with van der Waals surface area (Å²) in [5.41, 5.74) is 0. The van der Waals surface area contributed by atoms with Gasteiger partial charge in [0, 0.05) is 6.42 Å². The Balaban J connectivity index is 2.03. The Kier molecular flexibility index (Phi) is 38.9. The van der Waals surface area contributed by atoms with E-state index in [0.29, 0.717) is 6.42 Å². The molecule has 0 aromatic carbocycles. The van der Waals surface area contributed by atoms with Crippen molar-refractivity contribution in [2.24, 2.45) is 0 Å². The maximum absolute atomic E-state index is 12.9. The molecule has 1 rings (SSSR count). The number of amides is 1. The van der Waals surface area contributed by atoms with Gasteiger partial charge in [-0.1, -0.05) is 231 Å². The highest BCUT2D eigenvalue weighted by Gasteiger charge is 2.44. The molecule has 7 atom stereocenters. The molecule has 0 radical (unpaired) electrons. The molecule has 350 valence electrons. The number of rotatable bonds is 43. The number of nitrogens with one attached hydrogen (secondary N) is 1. The third kappa shape index (κ3) is 31.4. The standard InChI is InChI=1S/C50H97NO8/c1-3-5-7-9-11-12-13-14-15-16-17-18-19-20-21-22-23-24-25-26-27-28-29-30-31-32-33-34-36-38-40-46(54)51-43(44(53)39-37-35-10-8-6-4-2)42-58-50-49(57)48(56)47(55)45(41-52)59-50/h37,39,43-45,47-50,52-53,55-57H,3-36,38,40-42H2,1-2H3,(H,51,54)/b39-37+. The lowest BCUT2D eigenvalue weighted by atomic mass is 9.99. The monoisotopic (exact) mass is 840 g/mol. The van der Waals surface area contributed by atoms with Crippen LogP contribution < -0.4 is 5.32 Å². The summed E-state index contributed by atoms with van der Waals surface area (Å²) in [5, 5.41) is 53.8. The van der Waals surface area contributed by atoms with E-state index in [1.165, 1.54) is 180 Å². The summed E-state index contributed by atoms with van der Waals surface area (Å²) in [7, 11) is 0. The number of carbonyl (C=O) groups is 1. The minimum atomic E-state index is -1.56. The van der Waals surface area contributed by atoms with Gasteiger partial charge < -0.3 is 40.3 Å². The van der Waals surface area contributed by atoms with E-state index < -0.39 is 49.5 Å². The first-order valence-corrected chi connectivity index (χ1v) is 25.4. The van der Waals surface area contributed by atoms with Gasteiger partial charge in [-0.3, -0.25) is 4.79 Å². The van der Waals surface area contributed by atoms with Crippen molar-refractivity contribution in [3.05, 3.63) is 12.2 Å². The Bertz CT molecular complexity index is 935. The van der Waals surface area contributed by atoms with Crippen LogP contribution in [0.1, 0.15) is 245 Å². The van der Waals surface area contributed by atoms with E-state index in [4.69, 9.17) is 9.47 Å². The van der Waals surface area contributed by atoms with Crippen molar-refractivity contribution in [2.75, 3.05) is 13.2 Å². The summed E-state index contributed by atoms with van der Waals surface area (Å²) in [6, 6.07) is -0.796. The van der Waals surface area contributed by atoms with Crippen LogP contribution >= 0.6 is 0 Å². The predicted octanol–water partition coefficient (Wildman–Crippen LogP) is 11.3. The number of allylic oxidation sites excluding steroid dienone is 1. The fourth-order valence-corrected chi connectivity index (χ4v) is 8.28. The van der Waals surface area contributed by atoms with E-state index >= 15 is 0 Å². The molecule has 1 amide bonds. The second-order valence-electron chi connectivity index (χ2n) is 18.0. The summed E-state index contributed by atoms with van der Waals surface area (Å²) in [6.07, 6.45) is 41.9. The van der Waals surface area contributed by atoms with E-state index in [0.717, 1.165) is 44.9 Å². The van der Waals surface area contributed by atoms with Crippen LogP contribution in [0.4, 0.5) is 0 Å². The molecular formula is C50H97NO8. The SMILES string of the molecule is CCCCCC/C=C/C(O)C(COC1OC(CO)C(O)C(O)C1O)NC(=O)CCCCCCCCCCCCCCCCCCCCCCCCCCCCCCCC. The van der Waals surface area contributed by atoms with Gasteiger partial charge in [0.2, 0.25) is 5.91 Å². The molecule has 59 heavy (non-hydrogen) atoms. The molecule has 0 aromatic rings. The molecule has 1 aliphatic heterocycles. The van der Waals surface area contributed by atoms with Crippen molar-refractivity contribution >= 4 is 5.91 Å². The van der Waals surface area contributed by atoms with Gasteiger partial charge in [0.05, 0.1) is 25.4 Å². The second-order valence-corrected chi connectivity index (χ2v) is 18.0. The minimum Gasteiger partial charge on any atom is -0.394 e. The molecular weight excluding hydrogens is 743 g/mol. The van der Waals surface area contributed by atoms with Crippen LogP contribution in [0.15, 0.2) is 12.2 Å². The number of ether oxygens (including phenoxy) is 2. The molecule has 0 aliphatic carbocycles. The Morgan fingerprint density at radius 3 is 1.32 bits per heavy atom. The average Bonchev–Trinajstić information content (AvgIpc) is 3.23.